The van der Waals surface area contributed by atoms with Gasteiger partial charge < -0.3 is 15.2 Å². The molecule has 9 heteroatoms. The van der Waals surface area contributed by atoms with Gasteiger partial charge in [0.15, 0.2) is 0 Å². The Labute approximate surface area is 188 Å². The maximum atomic E-state index is 10.2. The van der Waals surface area contributed by atoms with Crippen LogP contribution >= 0.6 is 11.6 Å². The number of aromatic nitrogens is 4. The minimum atomic E-state index is -0.774. The molecule has 0 aromatic carbocycles. The van der Waals surface area contributed by atoms with Crippen LogP contribution in [0.2, 0.25) is 5.02 Å². The third kappa shape index (κ3) is 5.66. The van der Waals surface area contributed by atoms with E-state index in [9.17, 15) is 5.11 Å². The zero-order valence-corrected chi connectivity index (χ0v) is 19.6. The number of nitrogens with zero attached hydrogens (tertiary/aromatic N) is 5. The highest BCUT2D eigenvalue weighted by Crippen LogP contribution is 2.36. The van der Waals surface area contributed by atoms with Gasteiger partial charge in [0.05, 0.1) is 36.0 Å². The van der Waals surface area contributed by atoms with Crippen molar-refractivity contribution >= 4 is 23.2 Å². The average Bonchev–Trinajstić information content (AvgIpc) is 3.09. The van der Waals surface area contributed by atoms with E-state index in [1.807, 2.05) is 20.8 Å². The van der Waals surface area contributed by atoms with E-state index in [1.54, 1.807) is 24.7 Å². The molecule has 0 spiro atoms. The van der Waals surface area contributed by atoms with Crippen molar-refractivity contribution in [1.29, 1.82) is 0 Å². The van der Waals surface area contributed by atoms with Crippen molar-refractivity contribution in [2.75, 3.05) is 11.9 Å². The number of rotatable bonds is 7. The summed E-state index contributed by atoms with van der Waals surface area (Å²) in [5.41, 5.74) is 0.0544. The Bertz CT molecular complexity index is 952. The van der Waals surface area contributed by atoms with Crippen molar-refractivity contribution in [2.24, 2.45) is 11.8 Å². The van der Waals surface area contributed by atoms with E-state index in [-0.39, 0.29) is 0 Å². The predicted molar refractivity (Wildman–Crippen MR) is 120 cm³/mol. The van der Waals surface area contributed by atoms with Gasteiger partial charge >= 0.3 is 5.66 Å². The van der Waals surface area contributed by atoms with Gasteiger partial charge in [0.1, 0.15) is 5.02 Å². The molecule has 31 heavy (non-hydrogen) atoms. The number of anilines is 2. The van der Waals surface area contributed by atoms with Gasteiger partial charge in [-0.1, -0.05) is 11.6 Å². The summed E-state index contributed by atoms with van der Waals surface area (Å²) < 4.78 is 7.56. The van der Waals surface area contributed by atoms with E-state index in [0.29, 0.717) is 35.3 Å². The maximum Gasteiger partial charge on any atom is 0.319 e. The van der Waals surface area contributed by atoms with E-state index >= 15 is 0 Å². The van der Waals surface area contributed by atoms with Crippen LogP contribution in [0.15, 0.2) is 12.4 Å². The van der Waals surface area contributed by atoms with Crippen LogP contribution < -0.4 is 10.1 Å². The zero-order valence-electron chi connectivity index (χ0n) is 18.8. The van der Waals surface area contributed by atoms with E-state index in [1.165, 1.54) is 6.20 Å². The molecule has 168 valence electrons. The lowest BCUT2D eigenvalue weighted by Gasteiger charge is -2.35. The number of aryl methyl sites for hydroxylation is 1. The van der Waals surface area contributed by atoms with Crippen LogP contribution in [0.3, 0.4) is 0 Å². The Morgan fingerprint density at radius 2 is 1.97 bits per heavy atom. The number of ether oxygens (including phenoxy) is 1. The van der Waals surface area contributed by atoms with Crippen LogP contribution in [0, 0.1) is 25.3 Å². The largest absolute Gasteiger partial charge is 0.476 e. The second-order valence-corrected chi connectivity index (χ2v) is 9.74. The molecule has 2 aromatic rings. The van der Waals surface area contributed by atoms with Crippen molar-refractivity contribution in [3.8, 4) is 5.88 Å². The summed E-state index contributed by atoms with van der Waals surface area (Å²) in [5.74, 6) is 1.44. The Balaban J connectivity index is 1.63. The minimum Gasteiger partial charge on any atom is -0.476 e. The fourth-order valence-electron chi connectivity index (χ4n) is 3.78. The van der Waals surface area contributed by atoms with Gasteiger partial charge in [-0.3, -0.25) is 4.85 Å². The third-order valence-corrected chi connectivity index (χ3v) is 6.25. The molecule has 0 unspecified atom stereocenters. The fraction of sp³-hybridized carbons (Fsp3) is 0.636. The standard InChI is InChI=1S/C22H31ClN6O2/c1-14-18(12-29(28-14)22(4,5)24-6)26-20-25-11-17(23)19(27-20)31-13-15-7-9-16(10-8-15)21(2,3)30/h11-12,15-16,30H,7-10,13H2,1-5H3,(H,25,26,27). The molecule has 2 N–H and O–H groups in total. The Hall–Kier alpha value is -2.37. The zero-order chi connectivity index (χ0) is 22.8. The first-order valence-corrected chi connectivity index (χ1v) is 11.0. The van der Waals surface area contributed by atoms with Crippen molar-refractivity contribution in [3.05, 3.63) is 34.5 Å². The molecule has 2 heterocycles. The van der Waals surface area contributed by atoms with Crippen LogP contribution in [0.4, 0.5) is 11.6 Å². The lowest BCUT2D eigenvalue weighted by Crippen LogP contribution is -2.34. The molecule has 8 nitrogen and oxygen atoms in total. The maximum absolute atomic E-state index is 10.2. The summed E-state index contributed by atoms with van der Waals surface area (Å²) in [6.45, 7) is 17.1. The van der Waals surface area contributed by atoms with Gasteiger partial charge in [-0.15, -0.1) is 0 Å². The Morgan fingerprint density at radius 1 is 1.29 bits per heavy atom. The molecule has 0 amide bonds. The van der Waals surface area contributed by atoms with Gasteiger partial charge in [-0.05, 0) is 58.3 Å². The molecular formula is C22H31ClN6O2. The average molecular weight is 447 g/mol. The summed E-state index contributed by atoms with van der Waals surface area (Å²) in [4.78, 5) is 12.3. The van der Waals surface area contributed by atoms with Crippen LogP contribution in [-0.4, -0.2) is 37.1 Å². The molecule has 3 rings (SSSR count). The SMILES string of the molecule is [C-]#[N+]C(C)(C)n1cc(Nc2ncc(Cl)c(OCC3CCC(C(C)(C)O)CC3)n2)c(C)n1. The van der Waals surface area contributed by atoms with E-state index < -0.39 is 11.3 Å². The van der Waals surface area contributed by atoms with E-state index in [2.05, 4.69) is 25.2 Å². The smallest absolute Gasteiger partial charge is 0.319 e. The summed E-state index contributed by atoms with van der Waals surface area (Å²) >= 11 is 6.25. The molecule has 2 aromatic heterocycles. The molecule has 0 bridgehead atoms. The first-order valence-electron chi connectivity index (χ1n) is 10.6. The van der Waals surface area contributed by atoms with Crippen molar-refractivity contribution in [2.45, 2.75) is 71.6 Å². The number of hydrogen-bond acceptors (Lipinski definition) is 6. The van der Waals surface area contributed by atoms with Crippen molar-refractivity contribution in [1.82, 2.24) is 19.7 Å². The first kappa shape index (κ1) is 23.3. The molecular weight excluding hydrogens is 416 g/mol. The first-order chi connectivity index (χ1) is 14.5. The second-order valence-electron chi connectivity index (χ2n) is 9.33. The molecule has 0 radical (unpaired) electrons. The van der Waals surface area contributed by atoms with Gasteiger partial charge in [-0.2, -0.15) is 14.8 Å². The third-order valence-electron chi connectivity index (χ3n) is 5.99. The van der Waals surface area contributed by atoms with Gasteiger partial charge in [0.25, 0.3) is 0 Å². The van der Waals surface area contributed by atoms with Crippen LogP contribution in [0.1, 0.15) is 59.1 Å². The van der Waals surface area contributed by atoms with Crippen LogP contribution in [-0.2, 0) is 5.66 Å². The molecule has 1 aliphatic rings. The van der Waals surface area contributed by atoms with E-state index in [0.717, 1.165) is 37.1 Å². The molecule has 1 saturated carbocycles. The highest BCUT2D eigenvalue weighted by molar-refractivity contribution is 6.31. The van der Waals surface area contributed by atoms with Gasteiger partial charge in [0, 0.05) is 13.8 Å². The highest BCUT2D eigenvalue weighted by atomic mass is 35.5. The number of hydrogen-bond donors (Lipinski definition) is 2. The number of aliphatic hydroxyl groups is 1. The second kappa shape index (κ2) is 9.01. The monoisotopic (exact) mass is 446 g/mol. The summed E-state index contributed by atoms with van der Waals surface area (Å²) in [6.07, 6.45) is 7.29. The lowest BCUT2D eigenvalue weighted by molar-refractivity contribution is -0.00911. The Kier molecular flexibility index (Phi) is 6.77. The minimum absolute atomic E-state index is 0.333. The molecule has 0 atom stereocenters. The quantitative estimate of drug-likeness (QED) is 0.585. The highest BCUT2D eigenvalue weighted by Gasteiger charge is 2.31. The number of halogens is 1. The number of nitrogens with one attached hydrogen (secondary N) is 1. The van der Waals surface area contributed by atoms with Crippen molar-refractivity contribution < 1.29 is 9.84 Å². The predicted octanol–water partition coefficient (Wildman–Crippen LogP) is 4.95. The van der Waals surface area contributed by atoms with Gasteiger partial charge in [-0.25, -0.2) is 11.6 Å². The van der Waals surface area contributed by atoms with Crippen LogP contribution in [0.5, 0.6) is 5.88 Å². The molecule has 1 aliphatic carbocycles. The topological polar surface area (TPSA) is 89.5 Å². The normalized spacial score (nSPS) is 19.7. The molecule has 1 fully saturated rings. The summed E-state index contributed by atoms with van der Waals surface area (Å²) in [5, 5.41) is 18.1. The van der Waals surface area contributed by atoms with Gasteiger partial charge in [0.2, 0.25) is 11.8 Å². The van der Waals surface area contributed by atoms with Crippen LogP contribution in [0.25, 0.3) is 4.85 Å². The Morgan fingerprint density at radius 3 is 2.58 bits per heavy atom. The summed E-state index contributed by atoms with van der Waals surface area (Å²) in [6, 6.07) is 0. The fourth-order valence-corrected chi connectivity index (χ4v) is 3.93. The summed E-state index contributed by atoms with van der Waals surface area (Å²) in [7, 11) is 0. The van der Waals surface area contributed by atoms with E-state index in [4.69, 9.17) is 22.9 Å². The lowest BCUT2D eigenvalue weighted by atomic mass is 9.75. The van der Waals surface area contributed by atoms with Crippen molar-refractivity contribution in [3.63, 3.8) is 0 Å². The molecule has 0 saturated heterocycles. The molecule has 0 aliphatic heterocycles.